The lowest BCUT2D eigenvalue weighted by Gasteiger charge is -2.33. The summed E-state index contributed by atoms with van der Waals surface area (Å²) < 4.78 is 28.9. The SMILES string of the molecule is CCOP(=O)(OCC)[C@@H](NC(=O)[C@@H](N)C(C)C)C(=O)N1CCOCC1. The molecule has 10 heteroatoms. The number of carbonyl (C=O) groups is 2. The fraction of sp³-hybridized carbons (Fsp3) is 0.867. The molecule has 0 aromatic rings. The van der Waals surface area contributed by atoms with Crippen molar-refractivity contribution in [1.82, 2.24) is 10.2 Å². The van der Waals surface area contributed by atoms with Crippen LogP contribution in [0.25, 0.3) is 0 Å². The van der Waals surface area contributed by atoms with E-state index in [2.05, 4.69) is 5.32 Å². The van der Waals surface area contributed by atoms with Gasteiger partial charge < -0.3 is 29.7 Å². The molecule has 1 fully saturated rings. The molecular weight excluding hydrogens is 349 g/mol. The van der Waals surface area contributed by atoms with E-state index in [1.807, 2.05) is 0 Å². The van der Waals surface area contributed by atoms with Gasteiger partial charge in [-0.1, -0.05) is 13.8 Å². The van der Waals surface area contributed by atoms with Crippen molar-refractivity contribution in [3.05, 3.63) is 0 Å². The summed E-state index contributed by atoms with van der Waals surface area (Å²) in [6, 6.07) is -0.836. The molecule has 25 heavy (non-hydrogen) atoms. The molecule has 1 saturated heterocycles. The topological polar surface area (TPSA) is 120 Å². The van der Waals surface area contributed by atoms with E-state index in [4.69, 9.17) is 19.5 Å². The van der Waals surface area contributed by atoms with Gasteiger partial charge in [-0.05, 0) is 19.8 Å². The smallest absolute Gasteiger partial charge is 0.362 e. The fourth-order valence-corrected chi connectivity index (χ4v) is 4.12. The third-order valence-electron chi connectivity index (χ3n) is 3.79. The minimum atomic E-state index is -3.90. The Morgan fingerprint density at radius 3 is 2.16 bits per heavy atom. The summed E-state index contributed by atoms with van der Waals surface area (Å²) in [6.07, 6.45) is 0. The molecule has 3 N–H and O–H groups in total. The highest BCUT2D eigenvalue weighted by Gasteiger charge is 2.45. The molecule has 1 aliphatic heterocycles. The zero-order chi connectivity index (χ0) is 19.0. The molecule has 0 unspecified atom stereocenters. The number of amides is 2. The average molecular weight is 379 g/mol. The second-order valence-electron chi connectivity index (χ2n) is 5.99. The van der Waals surface area contributed by atoms with E-state index < -0.39 is 31.2 Å². The molecule has 2 atom stereocenters. The predicted molar refractivity (Wildman–Crippen MR) is 93.0 cm³/mol. The van der Waals surface area contributed by atoms with Gasteiger partial charge in [-0.2, -0.15) is 0 Å². The van der Waals surface area contributed by atoms with Gasteiger partial charge >= 0.3 is 7.60 Å². The molecule has 0 saturated carbocycles. The zero-order valence-corrected chi connectivity index (χ0v) is 16.3. The Hall–Kier alpha value is -0.990. The van der Waals surface area contributed by atoms with E-state index >= 15 is 0 Å². The zero-order valence-electron chi connectivity index (χ0n) is 15.4. The second kappa shape index (κ2) is 10.2. The second-order valence-corrected chi connectivity index (χ2v) is 8.11. The minimum absolute atomic E-state index is 0.0796. The molecule has 0 aliphatic carbocycles. The fourth-order valence-electron chi connectivity index (χ4n) is 2.31. The predicted octanol–water partition coefficient (Wildman–Crippen LogP) is 0.537. The molecule has 0 radical (unpaired) electrons. The van der Waals surface area contributed by atoms with E-state index in [0.29, 0.717) is 26.3 Å². The first-order valence-corrected chi connectivity index (χ1v) is 10.2. The van der Waals surface area contributed by atoms with Crippen molar-refractivity contribution < 1.29 is 27.9 Å². The van der Waals surface area contributed by atoms with E-state index in [0.717, 1.165) is 0 Å². The van der Waals surface area contributed by atoms with Gasteiger partial charge in [0.2, 0.25) is 11.7 Å². The summed E-state index contributed by atoms with van der Waals surface area (Å²) >= 11 is 0. The number of rotatable bonds is 9. The molecule has 2 amide bonds. The number of nitrogens with zero attached hydrogens (tertiary/aromatic N) is 1. The first-order valence-electron chi connectivity index (χ1n) is 8.58. The lowest BCUT2D eigenvalue weighted by atomic mass is 10.1. The number of hydrogen-bond donors (Lipinski definition) is 2. The normalized spacial score (nSPS) is 18.1. The molecule has 1 rings (SSSR count). The van der Waals surface area contributed by atoms with Gasteiger partial charge in [0, 0.05) is 13.1 Å². The number of nitrogens with one attached hydrogen (secondary N) is 1. The summed E-state index contributed by atoms with van der Waals surface area (Å²) in [5.74, 6) is -2.65. The Labute approximate surface area is 149 Å². The van der Waals surface area contributed by atoms with Gasteiger partial charge in [0.25, 0.3) is 5.91 Å². The maximum atomic E-state index is 13.1. The Bertz CT molecular complexity index is 486. The summed E-state index contributed by atoms with van der Waals surface area (Å²) in [7, 11) is -3.90. The van der Waals surface area contributed by atoms with Gasteiger partial charge in [-0.3, -0.25) is 14.2 Å². The van der Waals surface area contributed by atoms with Crippen LogP contribution in [0.5, 0.6) is 0 Å². The molecule has 1 heterocycles. The van der Waals surface area contributed by atoms with Crippen LogP contribution >= 0.6 is 7.60 Å². The van der Waals surface area contributed by atoms with E-state index in [1.165, 1.54) is 4.90 Å². The van der Waals surface area contributed by atoms with Crippen molar-refractivity contribution in [3.8, 4) is 0 Å². The van der Waals surface area contributed by atoms with Crippen LogP contribution in [0.1, 0.15) is 27.7 Å². The highest BCUT2D eigenvalue weighted by molar-refractivity contribution is 7.55. The monoisotopic (exact) mass is 379 g/mol. The van der Waals surface area contributed by atoms with Gasteiger partial charge in [0.1, 0.15) is 0 Å². The molecule has 0 aromatic heterocycles. The van der Waals surface area contributed by atoms with Crippen LogP contribution in [0.3, 0.4) is 0 Å². The van der Waals surface area contributed by atoms with Crippen molar-refractivity contribution in [2.24, 2.45) is 11.7 Å². The van der Waals surface area contributed by atoms with Crippen molar-refractivity contribution in [1.29, 1.82) is 0 Å². The molecular formula is C15H30N3O6P. The van der Waals surface area contributed by atoms with Gasteiger partial charge in [-0.15, -0.1) is 0 Å². The summed E-state index contributed by atoms with van der Waals surface area (Å²) in [4.78, 5) is 26.8. The van der Waals surface area contributed by atoms with E-state index in [-0.39, 0.29) is 19.1 Å². The lowest BCUT2D eigenvalue weighted by Crippen LogP contribution is -2.55. The third-order valence-corrected chi connectivity index (χ3v) is 6.01. The maximum absolute atomic E-state index is 13.1. The number of morpholine rings is 1. The third kappa shape index (κ3) is 6.04. The number of ether oxygens (including phenoxy) is 1. The Balaban J connectivity index is 3.08. The first-order chi connectivity index (χ1) is 11.8. The number of nitrogens with two attached hydrogens (primary N) is 1. The summed E-state index contributed by atoms with van der Waals surface area (Å²) in [5, 5.41) is 2.50. The Kier molecular flexibility index (Phi) is 9.02. The minimum Gasteiger partial charge on any atom is -0.378 e. The Morgan fingerprint density at radius 2 is 1.72 bits per heavy atom. The number of carbonyl (C=O) groups excluding carboxylic acids is 2. The van der Waals surface area contributed by atoms with Crippen molar-refractivity contribution in [2.45, 2.75) is 39.5 Å². The quantitative estimate of drug-likeness (QED) is 0.561. The lowest BCUT2D eigenvalue weighted by molar-refractivity contribution is -0.138. The van der Waals surface area contributed by atoms with Crippen LogP contribution in [-0.2, 0) is 27.9 Å². The Morgan fingerprint density at radius 1 is 1.20 bits per heavy atom. The molecule has 9 nitrogen and oxygen atoms in total. The van der Waals surface area contributed by atoms with Crippen molar-refractivity contribution >= 4 is 19.4 Å². The number of hydrogen-bond acceptors (Lipinski definition) is 7. The first kappa shape index (κ1) is 22.1. The maximum Gasteiger partial charge on any atom is 0.362 e. The van der Waals surface area contributed by atoms with E-state index in [9.17, 15) is 14.2 Å². The highest BCUT2D eigenvalue weighted by Crippen LogP contribution is 2.52. The van der Waals surface area contributed by atoms with Crippen molar-refractivity contribution in [2.75, 3.05) is 39.5 Å². The van der Waals surface area contributed by atoms with Gasteiger partial charge in [0.05, 0.1) is 32.5 Å². The van der Waals surface area contributed by atoms with Crippen LogP contribution in [0.4, 0.5) is 0 Å². The summed E-state index contributed by atoms with van der Waals surface area (Å²) in [6.45, 7) is 8.47. The van der Waals surface area contributed by atoms with Crippen LogP contribution in [-0.4, -0.2) is 68.1 Å². The molecule has 1 aliphatic rings. The largest absolute Gasteiger partial charge is 0.378 e. The van der Waals surface area contributed by atoms with E-state index in [1.54, 1.807) is 27.7 Å². The molecule has 0 spiro atoms. The van der Waals surface area contributed by atoms with Crippen LogP contribution in [0.15, 0.2) is 0 Å². The molecule has 0 aromatic carbocycles. The standard InChI is InChI=1S/C15H30N3O6P/c1-5-23-25(21,24-6-2)14(17-13(19)12(16)11(3)4)15(20)18-7-9-22-10-8-18/h11-12,14H,5-10,16H2,1-4H3,(H,17,19)/t12-,14+/m0/s1. The molecule has 146 valence electrons. The van der Waals surface area contributed by atoms with Crippen molar-refractivity contribution in [3.63, 3.8) is 0 Å². The van der Waals surface area contributed by atoms with Gasteiger partial charge in [-0.25, -0.2) is 0 Å². The van der Waals surface area contributed by atoms with Crippen LogP contribution in [0.2, 0.25) is 0 Å². The highest BCUT2D eigenvalue weighted by atomic mass is 31.2. The summed E-state index contributed by atoms with van der Waals surface area (Å²) in [5.41, 5.74) is 5.85. The van der Waals surface area contributed by atoms with Crippen LogP contribution < -0.4 is 11.1 Å². The van der Waals surface area contributed by atoms with Gasteiger partial charge in [0.15, 0.2) is 0 Å². The van der Waals surface area contributed by atoms with Crippen LogP contribution in [0, 0.1) is 5.92 Å². The average Bonchev–Trinajstić information content (AvgIpc) is 2.59. The molecule has 0 bridgehead atoms.